The van der Waals surface area contributed by atoms with Crippen molar-refractivity contribution in [3.8, 4) is 11.5 Å². The van der Waals surface area contributed by atoms with Gasteiger partial charge in [0.05, 0.1) is 14.2 Å². The number of methoxy groups -OCH3 is 2. The largest absolute Gasteiger partial charge is 0.497 e. The maximum absolute atomic E-state index is 13.5. The molecule has 7 heteroatoms. The highest BCUT2D eigenvalue weighted by molar-refractivity contribution is 6.27. The van der Waals surface area contributed by atoms with Crippen LogP contribution in [0.5, 0.6) is 11.5 Å². The second-order valence-corrected chi connectivity index (χ2v) is 8.29. The molecule has 2 amide bonds. The molecule has 0 radical (unpaired) electrons. The van der Waals surface area contributed by atoms with Crippen LogP contribution < -0.4 is 14.8 Å². The summed E-state index contributed by atoms with van der Waals surface area (Å²) in [6.45, 7) is 0.234. The molecule has 32 heavy (non-hydrogen) atoms. The molecule has 2 aromatic carbocycles. The predicted octanol–water partition coefficient (Wildman–Crippen LogP) is 4.46. The van der Waals surface area contributed by atoms with Gasteiger partial charge in [-0.3, -0.25) is 9.59 Å². The van der Waals surface area contributed by atoms with Crippen molar-refractivity contribution < 1.29 is 19.1 Å². The Morgan fingerprint density at radius 1 is 1.03 bits per heavy atom. The van der Waals surface area contributed by atoms with E-state index < -0.39 is 6.04 Å². The number of benzene rings is 2. The fraction of sp³-hybridized carbons (Fsp3) is 0.440. The molecule has 172 valence electrons. The number of hydrogen-bond acceptors (Lipinski definition) is 4. The summed E-state index contributed by atoms with van der Waals surface area (Å²) in [4.78, 5) is 28.0. The molecular weight excluding hydrogens is 428 g/mol. The van der Waals surface area contributed by atoms with Crippen molar-refractivity contribution >= 4 is 23.4 Å². The third-order valence-electron chi connectivity index (χ3n) is 5.86. The number of nitrogens with zero attached hydrogens (tertiary/aromatic N) is 1. The van der Waals surface area contributed by atoms with Crippen LogP contribution in [0.4, 0.5) is 0 Å². The summed E-state index contributed by atoms with van der Waals surface area (Å²) in [6, 6.07) is 14.0. The molecule has 2 aromatic rings. The van der Waals surface area contributed by atoms with Gasteiger partial charge in [-0.05, 0) is 48.2 Å². The lowest BCUT2D eigenvalue weighted by molar-refractivity contribution is -0.140. The van der Waals surface area contributed by atoms with Crippen LogP contribution in [0.25, 0.3) is 0 Å². The van der Waals surface area contributed by atoms with E-state index in [1.54, 1.807) is 31.3 Å². The van der Waals surface area contributed by atoms with Gasteiger partial charge in [-0.1, -0.05) is 43.5 Å². The quantitative estimate of drug-likeness (QED) is 0.563. The molecule has 1 atom stereocenters. The third-order valence-corrected chi connectivity index (χ3v) is 6.09. The van der Waals surface area contributed by atoms with Crippen molar-refractivity contribution in [2.45, 2.75) is 50.7 Å². The number of hydrogen-bond donors (Lipinski definition) is 1. The molecule has 0 heterocycles. The Morgan fingerprint density at radius 3 is 2.34 bits per heavy atom. The summed E-state index contributed by atoms with van der Waals surface area (Å²) in [5, 5.41) is 3.18. The average molecular weight is 459 g/mol. The minimum Gasteiger partial charge on any atom is -0.497 e. The van der Waals surface area contributed by atoms with Crippen molar-refractivity contribution in [2.24, 2.45) is 0 Å². The van der Waals surface area contributed by atoms with Crippen LogP contribution in [0.1, 0.15) is 49.3 Å². The highest BCUT2D eigenvalue weighted by Crippen LogP contribution is 2.28. The van der Waals surface area contributed by atoms with Gasteiger partial charge in [0.25, 0.3) is 0 Å². The molecule has 1 aliphatic carbocycles. The zero-order valence-corrected chi connectivity index (χ0v) is 19.4. The molecule has 1 fully saturated rings. The third kappa shape index (κ3) is 6.16. The van der Waals surface area contributed by atoms with E-state index in [9.17, 15) is 9.59 Å². The molecular formula is C25H31ClN2O4. The van der Waals surface area contributed by atoms with E-state index >= 15 is 0 Å². The Hall–Kier alpha value is -2.73. The van der Waals surface area contributed by atoms with Crippen molar-refractivity contribution in [3.05, 3.63) is 59.7 Å². The van der Waals surface area contributed by atoms with Gasteiger partial charge in [0.15, 0.2) is 0 Å². The lowest BCUT2D eigenvalue weighted by Crippen LogP contribution is -2.47. The number of ether oxygens (including phenoxy) is 2. The molecule has 3 rings (SSSR count). The van der Waals surface area contributed by atoms with Crippen molar-refractivity contribution in [3.63, 3.8) is 0 Å². The van der Waals surface area contributed by atoms with Crippen molar-refractivity contribution in [1.29, 1.82) is 0 Å². The highest BCUT2D eigenvalue weighted by Gasteiger charge is 2.32. The number of rotatable bonds is 9. The Labute approximate surface area is 194 Å². The molecule has 0 bridgehead atoms. The maximum atomic E-state index is 13.5. The average Bonchev–Trinajstić information content (AvgIpc) is 2.84. The van der Waals surface area contributed by atoms with E-state index in [0.717, 1.165) is 31.2 Å². The summed E-state index contributed by atoms with van der Waals surface area (Å²) < 4.78 is 10.6. The molecule has 6 nitrogen and oxygen atoms in total. The zero-order valence-electron chi connectivity index (χ0n) is 18.7. The molecule has 0 saturated heterocycles. The van der Waals surface area contributed by atoms with E-state index in [1.165, 1.54) is 6.42 Å². The van der Waals surface area contributed by atoms with Crippen molar-refractivity contribution in [2.75, 3.05) is 20.1 Å². The molecule has 1 N–H and O–H groups in total. The SMILES string of the molecule is COc1ccc([C@@H](C(=O)NC2CCCCC2)N(Cc2cccc(OC)c2)C(=O)CCl)cc1. The maximum Gasteiger partial charge on any atom is 0.247 e. The van der Waals surface area contributed by atoms with Gasteiger partial charge in [0.2, 0.25) is 11.8 Å². The molecule has 0 aliphatic heterocycles. The van der Waals surface area contributed by atoms with E-state index in [2.05, 4.69) is 5.32 Å². The van der Waals surface area contributed by atoms with Crippen LogP contribution in [0.15, 0.2) is 48.5 Å². The first-order valence-electron chi connectivity index (χ1n) is 11.0. The zero-order chi connectivity index (χ0) is 22.9. The summed E-state index contributed by atoms with van der Waals surface area (Å²) in [6.07, 6.45) is 5.32. The standard InChI is InChI=1S/C25H31ClN2O4/c1-31-21-13-11-19(12-14-21)24(25(30)27-20-8-4-3-5-9-20)28(23(29)16-26)17-18-7-6-10-22(15-18)32-2/h6-7,10-15,20,24H,3-5,8-9,16-17H2,1-2H3,(H,27,30)/t24-/m0/s1. The number of halogens is 1. The monoisotopic (exact) mass is 458 g/mol. The first kappa shape index (κ1) is 23.9. The normalized spacial score (nSPS) is 15.0. The van der Waals surface area contributed by atoms with E-state index in [-0.39, 0.29) is 30.3 Å². The first-order chi connectivity index (χ1) is 15.5. The summed E-state index contributed by atoms with van der Waals surface area (Å²) in [5.74, 6) is 0.655. The van der Waals surface area contributed by atoms with Crippen LogP contribution in [-0.4, -0.2) is 42.9 Å². The summed E-state index contributed by atoms with van der Waals surface area (Å²) in [5.41, 5.74) is 1.56. The number of alkyl halides is 1. The topological polar surface area (TPSA) is 67.9 Å². The van der Waals surface area contributed by atoms with Gasteiger partial charge in [-0.15, -0.1) is 11.6 Å². The molecule has 1 saturated carbocycles. The van der Waals surface area contributed by atoms with Crippen LogP contribution in [-0.2, 0) is 16.1 Å². The van der Waals surface area contributed by atoms with E-state index in [4.69, 9.17) is 21.1 Å². The minimum absolute atomic E-state index is 0.127. The van der Waals surface area contributed by atoms with Crippen LogP contribution >= 0.6 is 11.6 Å². The fourth-order valence-electron chi connectivity index (χ4n) is 4.15. The molecule has 0 spiro atoms. The fourth-order valence-corrected chi connectivity index (χ4v) is 4.31. The second kappa shape index (κ2) is 11.8. The van der Waals surface area contributed by atoms with Gasteiger partial charge in [-0.25, -0.2) is 0 Å². The molecule has 0 unspecified atom stereocenters. The smallest absolute Gasteiger partial charge is 0.247 e. The number of amides is 2. The van der Waals surface area contributed by atoms with Gasteiger partial charge in [0.1, 0.15) is 23.4 Å². The van der Waals surface area contributed by atoms with E-state index in [0.29, 0.717) is 17.1 Å². The highest BCUT2D eigenvalue weighted by atomic mass is 35.5. The lowest BCUT2D eigenvalue weighted by atomic mass is 9.94. The lowest BCUT2D eigenvalue weighted by Gasteiger charge is -2.33. The Kier molecular flexibility index (Phi) is 8.80. The van der Waals surface area contributed by atoms with Crippen LogP contribution in [0.2, 0.25) is 0 Å². The second-order valence-electron chi connectivity index (χ2n) is 8.03. The van der Waals surface area contributed by atoms with Gasteiger partial charge >= 0.3 is 0 Å². The Bertz CT molecular complexity index is 897. The minimum atomic E-state index is -0.805. The van der Waals surface area contributed by atoms with Crippen LogP contribution in [0, 0.1) is 0 Å². The van der Waals surface area contributed by atoms with Crippen molar-refractivity contribution in [1.82, 2.24) is 10.2 Å². The predicted molar refractivity (Wildman–Crippen MR) is 125 cm³/mol. The number of carbonyl (C=O) groups is 2. The summed E-state index contributed by atoms with van der Waals surface area (Å²) in [7, 11) is 3.19. The van der Waals surface area contributed by atoms with Crippen LogP contribution in [0.3, 0.4) is 0 Å². The Morgan fingerprint density at radius 2 is 1.72 bits per heavy atom. The van der Waals surface area contributed by atoms with E-state index in [1.807, 2.05) is 36.4 Å². The summed E-state index contributed by atoms with van der Waals surface area (Å²) >= 11 is 5.98. The Balaban J connectivity index is 1.95. The van der Waals surface area contributed by atoms with Gasteiger partial charge in [-0.2, -0.15) is 0 Å². The number of carbonyl (C=O) groups excluding carboxylic acids is 2. The first-order valence-corrected chi connectivity index (χ1v) is 11.5. The van der Waals surface area contributed by atoms with Gasteiger partial charge < -0.3 is 19.7 Å². The molecule has 0 aromatic heterocycles. The van der Waals surface area contributed by atoms with Gasteiger partial charge in [0, 0.05) is 12.6 Å². The number of nitrogens with one attached hydrogen (secondary N) is 1. The molecule has 1 aliphatic rings.